The Hall–Kier alpha value is -1.39. The van der Waals surface area contributed by atoms with E-state index in [2.05, 4.69) is 5.32 Å². The van der Waals surface area contributed by atoms with Gasteiger partial charge in [0.1, 0.15) is 6.04 Å². The van der Waals surface area contributed by atoms with Crippen LogP contribution in [-0.2, 0) is 9.53 Å². The lowest BCUT2D eigenvalue weighted by Gasteiger charge is -2.15. The number of nitrogens with zero attached hydrogens (tertiary/aromatic N) is 1. The Kier molecular flexibility index (Phi) is 3.80. The lowest BCUT2D eigenvalue weighted by molar-refractivity contribution is -0.129. The van der Waals surface area contributed by atoms with E-state index < -0.39 is 0 Å². The lowest BCUT2D eigenvalue weighted by Crippen LogP contribution is -2.30. The molecule has 1 heterocycles. The second kappa shape index (κ2) is 5.72. The second-order valence-electron chi connectivity index (χ2n) is 5.33. The van der Waals surface area contributed by atoms with Gasteiger partial charge < -0.3 is 9.64 Å². The minimum atomic E-state index is -0.190. The van der Waals surface area contributed by atoms with Crippen molar-refractivity contribution in [1.29, 1.82) is 0 Å². The quantitative estimate of drug-likeness (QED) is 0.789. The molecule has 1 aromatic carbocycles. The highest BCUT2D eigenvalue weighted by molar-refractivity contribution is 5.85. The van der Waals surface area contributed by atoms with Crippen LogP contribution in [0.5, 0.6) is 0 Å². The predicted octanol–water partition coefficient (Wildman–Crippen LogP) is 1.54. The Balaban J connectivity index is 1.47. The third-order valence-corrected chi connectivity index (χ3v) is 3.73. The van der Waals surface area contributed by atoms with Crippen LogP contribution in [0.25, 0.3) is 0 Å². The van der Waals surface area contributed by atoms with E-state index in [4.69, 9.17) is 4.74 Å². The molecular weight excluding hydrogens is 240 g/mol. The first kappa shape index (κ1) is 12.6. The number of benzene rings is 1. The van der Waals surface area contributed by atoms with Crippen molar-refractivity contribution in [2.24, 2.45) is 5.92 Å². The van der Waals surface area contributed by atoms with Gasteiger partial charge in [-0.15, -0.1) is 0 Å². The van der Waals surface area contributed by atoms with Gasteiger partial charge in [-0.2, -0.15) is 0 Å². The monoisotopic (exact) mass is 260 g/mol. The van der Waals surface area contributed by atoms with E-state index in [1.807, 2.05) is 35.2 Å². The summed E-state index contributed by atoms with van der Waals surface area (Å²) < 4.78 is 5.59. The molecule has 1 amide bonds. The molecule has 1 N–H and O–H groups in total. The Labute approximate surface area is 113 Å². The van der Waals surface area contributed by atoms with Crippen LogP contribution >= 0.6 is 0 Å². The first-order valence-corrected chi connectivity index (χ1v) is 6.99. The molecule has 19 heavy (non-hydrogen) atoms. The van der Waals surface area contributed by atoms with Crippen molar-refractivity contribution in [2.75, 3.05) is 26.4 Å². The maximum absolute atomic E-state index is 12.3. The van der Waals surface area contributed by atoms with Crippen molar-refractivity contribution in [3.05, 3.63) is 35.9 Å². The summed E-state index contributed by atoms with van der Waals surface area (Å²) in [6.45, 7) is 2.80. The fraction of sp³-hybridized carbons (Fsp3) is 0.533. The summed E-state index contributed by atoms with van der Waals surface area (Å²) in [6, 6.07) is 9.68. The molecule has 1 saturated heterocycles. The topological polar surface area (TPSA) is 41.6 Å². The molecule has 1 aliphatic heterocycles. The highest BCUT2D eigenvalue weighted by Gasteiger charge is 2.31. The summed E-state index contributed by atoms with van der Waals surface area (Å²) in [6.07, 6.45) is 2.61. The SMILES string of the molecule is O=C1C(c2ccccc2)NCN1CCOCC1CC1. The Morgan fingerprint density at radius 1 is 1.26 bits per heavy atom. The molecule has 2 aliphatic rings. The lowest BCUT2D eigenvalue weighted by atomic mass is 10.1. The van der Waals surface area contributed by atoms with Gasteiger partial charge in [0.15, 0.2) is 0 Å². The van der Waals surface area contributed by atoms with E-state index in [1.54, 1.807) is 0 Å². The summed E-state index contributed by atoms with van der Waals surface area (Å²) in [5.41, 5.74) is 1.04. The zero-order valence-corrected chi connectivity index (χ0v) is 11.0. The van der Waals surface area contributed by atoms with Crippen LogP contribution in [-0.4, -0.2) is 37.2 Å². The summed E-state index contributed by atoms with van der Waals surface area (Å²) in [5, 5.41) is 3.26. The average molecular weight is 260 g/mol. The van der Waals surface area contributed by atoms with Gasteiger partial charge in [0.2, 0.25) is 5.91 Å². The zero-order chi connectivity index (χ0) is 13.1. The minimum absolute atomic E-state index is 0.154. The predicted molar refractivity (Wildman–Crippen MR) is 72.4 cm³/mol. The van der Waals surface area contributed by atoms with E-state index >= 15 is 0 Å². The van der Waals surface area contributed by atoms with Crippen molar-refractivity contribution in [1.82, 2.24) is 10.2 Å². The zero-order valence-electron chi connectivity index (χ0n) is 11.0. The molecule has 4 heteroatoms. The normalized spacial score (nSPS) is 23.1. The molecule has 1 aromatic rings. The number of rotatable bonds is 6. The highest BCUT2D eigenvalue weighted by Crippen LogP contribution is 2.28. The van der Waals surface area contributed by atoms with E-state index in [0.717, 1.165) is 18.1 Å². The summed E-state index contributed by atoms with van der Waals surface area (Å²) in [4.78, 5) is 14.1. The Morgan fingerprint density at radius 3 is 2.79 bits per heavy atom. The van der Waals surface area contributed by atoms with Crippen LogP contribution in [0.3, 0.4) is 0 Å². The van der Waals surface area contributed by atoms with Gasteiger partial charge in [-0.1, -0.05) is 30.3 Å². The van der Waals surface area contributed by atoms with Crippen LogP contribution in [0.1, 0.15) is 24.4 Å². The maximum Gasteiger partial charge on any atom is 0.245 e. The van der Waals surface area contributed by atoms with Gasteiger partial charge in [0.05, 0.1) is 13.3 Å². The molecule has 3 rings (SSSR count). The summed E-state index contributed by atoms with van der Waals surface area (Å²) in [5.74, 6) is 0.936. The van der Waals surface area contributed by atoms with Crippen molar-refractivity contribution < 1.29 is 9.53 Å². The summed E-state index contributed by atoms with van der Waals surface area (Å²) in [7, 11) is 0. The van der Waals surface area contributed by atoms with Gasteiger partial charge in [-0.3, -0.25) is 10.1 Å². The average Bonchev–Trinajstić information content (AvgIpc) is 3.20. The van der Waals surface area contributed by atoms with Gasteiger partial charge in [0.25, 0.3) is 0 Å². The Bertz CT molecular complexity index is 431. The van der Waals surface area contributed by atoms with E-state index in [1.165, 1.54) is 12.8 Å². The number of ether oxygens (including phenoxy) is 1. The molecule has 1 saturated carbocycles. The van der Waals surface area contributed by atoms with E-state index in [0.29, 0.717) is 19.8 Å². The second-order valence-corrected chi connectivity index (χ2v) is 5.33. The van der Waals surface area contributed by atoms with Gasteiger partial charge in [0, 0.05) is 13.2 Å². The molecule has 1 aliphatic carbocycles. The van der Waals surface area contributed by atoms with Crippen LogP contribution in [0.2, 0.25) is 0 Å². The molecule has 102 valence electrons. The number of nitrogens with one attached hydrogen (secondary N) is 1. The van der Waals surface area contributed by atoms with E-state index in [9.17, 15) is 4.79 Å². The first-order chi connectivity index (χ1) is 9.34. The van der Waals surface area contributed by atoms with Crippen LogP contribution in [0.15, 0.2) is 30.3 Å². The molecule has 0 aromatic heterocycles. The molecule has 1 atom stereocenters. The van der Waals surface area contributed by atoms with Gasteiger partial charge in [-0.05, 0) is 24.3 Å². The highest BCUT2D eigenvalue weighted by atomic mass is 16.5. The van der Waals surface area contributed by atoms with Crippen molar-refractivity contribution in [2.45, 2.75) is 18.9 Å². The van der Waals surface area contributed by atoms with Crippen LogP contribution < -0.4 is 5.32 Å². The number of hydrogen-bond donors (Lipinski definition) is 1. The number of carbonyl (C=O) groups is 1. The van der Waals surface area contributed by atoms with Crippen LogP contribution in [0, 0.1) is 5.92 Å². The molecular formula is C15H20N2O2. The molecule has 2 fully saturated rings. The fourth-order valence-electron chi connectivity index (χ4n) is 2.35. The molecule has 4 nitrogen and oxygen atoms in total. The largest absolute Gasteiger partial charge is 0.379 e. The molecule has 1 unspecified atom stereocenters. The number of hydrogen-bond acceptors (Lipinski definition) is 3. The summed E-state index contributed by atoms with van der Waals surface area (Å²) >= 11 is 0. The smallest absolute Gasteiger partial charge is 0.245 e. The first-order valence-electron chi connectivity index (χ1n) is 6.99. The number of amides is 1. The van der Waals surface area contributed by atoms with E-state index in [-0.39, 0.29) is 11.9 Å². The van der Waals surface area contributed by atoms with Crippen molar-refractivity contribution in [3.8, 4) is 0 Å². The Morgan fingerprint density at radius 2 is 2.05 bits per heavy atom. The molecule has 0 bridgehead atoms. The fourth-order valence-corrected chi connectivity index (χ4v) is 2.35. The maximum atomic E-state index is 12.3. The minimum Gasteiger partial charge on any atom is -0.379 e. The third kappa shape index (κ3) is 3.14. The van der Waals surface area contributed by atoms with Crippen LogP contribution in [0.4, 0.5) is 0 Å². The van der Waals surface area contributed by atoms with Gasteiger partial charge in [-0.25, -0.2) is 0 Å². The van der Waals surface area contributed by atoms with Crippen molar-refractivity contribution in [3.63, 3.8) is 0 Å². The molecule has 0 radical (unpaired) electrons. The molecule has 0 spiro atoms. The number of carbonyl (C=O) groups excluding carboxylic acids is 1. The van der Waals surface area contributed by atoms with Crippen molar-refractivity contribution >= 4 is 5.91 Å². The third-order valence-electron chi connectivity index (χ3n) is 3.73. The van der Waals surface area contributed by atoms with Gasteiger partial charge >= 0.3 is 0 Å². The standard InChI is InChI=1S/C15H20N2O2/c18-15-14(13-4-2-1-3-5-13)16-11-17(15)8-9-19-10-12-6-7-12/h1-5,12,14,16H,6-11H2.